The molecule has 2 N–H and O–H groups in total. The van der Waals surface area contributed by atoms with Gasteiger partial charge in [-0.05, 0) is 13.1 Å². The molecule has 66 valence electrons. The molecule has 0 fully saturated rings. The summed E-state index contributed by atoms with van der Waals surface area (Å²) in [7, 11) is 0. The van der Waals surface area contributed by atoms with Crippen LogP contribution in [-0.2, 0) is 0 Å². The molecule has 0 radical (unpaired) electrons. The number of aliphatic imine (C=N–C) groups is 1. The van der Waals surface area contributed by atoms with Gasteiger partial charge in [0.15, 0.2) is 0 Å². The van der Waals surface area contributed by atoms with Crippen LogP contribution in [-0.4, -0.2) is 6.72 Å². The Morgan fingerprint density at radius 1 is 1.58 bits per heavy atom. The lowest BCUT2D eigenvalue weighted by Crippen LogP contribution is -1.95. The number of rotatable bonds is 5. The third kappa shape index (κ3) is 3.76. The first-order valence-corrected chi connectivity index (χ1v) is 4.01. The molecule has 0 heterocycles. The summed E-state index contributed by atoms with van der Waals surface area (Å²) < 4.78 is 0. The molecule has 0 aromatic carbocycles. The molecule has 0 aromatic rings. The van der Waals surface area contributed by atoms with E-state index in [-0.39, 0.29) is 0 Å². The fraction of sp³-hybridized carbons (Fsp3) is 0.300. The molecule has 0 saturated heterocycles. The molecule has 0 unspecified atom stereocenters. The number of allylic oxidation sites excluding steroid dienone is 4. The first kappa shape index (κ1) is 10.7. The van der Waals surface area contributed by atoms with Crippen LogP contribution in [0.5, 0.6) is 0 Å². The van der Waals surface area contributed by atoms with E-state index in [1.54, 1.807) is 6.08 Å². The van der Waals surface area contributed by atoms with Gasteiger partial charge >= 0.3 is 0 Å². The zero-order valence-electron chi connectivity index (χ0n) is 7.59. The predicted molar refractivity (Wildman–Crippen MR) is 55.0 cm³/mol. The highest BCUT2D eigenvalue weighted by Crippen LogP contribution is 2.04. The second-order valence-corrected chi connectivity index (χ2v) is 2.39. The van der Waals surface area contributed by atoms with E-state index in [4.69, 9.17) is 5.73 Å². The predicted octanol–water partition coefficient (Wildman–Crippen LogP) is 2.40. The number of nitrogens with two attached hydrogens (primary N) is 1. The van der Waals surface area contributed by atoms with Crippen molar-refractivity contribution in [3.63, 3.8) is 0 Å². The molecule has 0 amide bonds. The molecule has 0 rings (SSSR count). The van der Waals surface area contributed by atoms with E-state index < -0.39 is 0 Å². The van der Waals surface area contributed by atoms with Crippen LogP contribution < -0.4 is 5.73 Å². The second-order valence-electron chi connectivity index (χ2n) is 2.39. The Kier molecular flexibility index (Phi) is 5.70. The topological polar surface area (TPSA) is 38.4 Å². The molecule has 0 aliphatic carbocycles. The molecule has 0 aromatic heterocycles. The molecule has 0 saturated carbocycles. The van der Waals surface area contributed by atoms with Crippen molar-refractivity contribution in [2.75, 3.05) is 0 Å². The molecule has 2 nitrogen and oxygen atoms in total. The summed E-state index contributed by atoms with van der Waals surface area (Å²) in [5.74, 6) is 0.428. The lowest BCUT2D eigenvalue weighted by molar-refractivity contribution is 0.957. The van der Waals surface area contributed by atoms with E-state index in [1.807, 2.05) is 6.08 Å². The summed E-state index contributed by atoms with van der Waals surface area (Å²) in [6.45, 7) is 9.10. The maximum atomic E-state index is 5.54. The fourth-order valence-corrected chi connectivity index (χ4v) is 0.726. The molecule has 0 aliphatic rings. The van der Waals surface area contributed by atoms with Gasteiger partial charge in [-0.25, -0.2) is 4.99 Å². The zero-order chi connectivity index (χ0) is 9.40. The van der Waals surface area contributed by atoms with Crippen molar-refractivity contribution in [1.29, 1.82) is 0 Å². The van der Waals surface area contributed by atoms with Crippen molar-refractivity contribution in [3.05, 3.63) is 36.2 Å². The molecular weight excluding hydrogens is 148 g/mol. The van der Waals surface area contributed by atoms with E-state index in [9.17, 15) is 0 Å². The Morgan fingerprint density at radius 3 is 2.67 bits per heavy atom. The number of hydrogen-bond acceptors (Lipinski definition) is 2. The highest BCUT2D eigenvalue weighted by molar-refractivity contribution is 5.37. The minimum Gasteiger partial charge on any atom is -0.383 e. The van der Waals surface area contributed by atoms with Crippen LogP contribution in [0.4, 0.5) is 0 Å². The van der Waals surface area contributed by atoms with Crippen LogP contribution in [0.1, 0.15) is 19.8 Å². The average molecular weight is 164 g/mol. The summed E-state index contributed by atoms with van der Waals surface area (Å²) in [5, 5.41) is 0. The van der Waals surface area contributed by atoms with Crippen LogP contribution in [0, 0.1) is 0 Å². The van der Waals surface area contributed by atoms with E-state index in [1.165, 1.54) is 0 Å². The van der Waals surface area contributed by atoms with Crippen molar-refractivity contribution in [1.82, 2.24) is 0 Å². The van der Waals surface area contributed by atoms with Gasteiger partial charge in [-0.3, -0.25) is 0 Å². The minimum absolute atomic E-state index is 0.428. The van der Waals surface area contributed by atoms with Crippen LogP contribution in [0.15, 0.2) is 41.2 Å². The van der Waals surface area contributed by atoms with E-state index in [0.717, 1.165) is 18.4 Å². The Labute approximate surface area is 74.2 Å². The highest BCUT2D eigenvalue weighted by Gasteiger charge is 1.90. The third-order valence-electron chi connectivity index (χ3n) is 1.44. The maximum Gasteiger partial charge on any atom is 0.129 e. The monoisotopic (exact) mass is 164 g/mol. The van der Waals surface area contributed by atoms with Crippen molar-refractivity contribution < 1.29 is 0 Å². The molecule has 0 aliphatic heterocycles. The van der Waals surface area contributed by atoms with Gasteiger partial charge < -0.3 is 5.73 Å². The van der Waals surface area contributed by atoms with Crippen molar-refractivity contribution >= 4 is 6.72 Å². The average Bonchev–Trinajstić information content (AvgIpc) is 2.11. The third-order valence-corrected chi connectivity index (χ3v) is 1.44. The smallest absolute Gasteiger partial charge is 0.129 e. The van der Waals surface area contributed by atoms with Gasteiger partial charge in [-0.1, -0.05) is 38.2 Å². The van der Waals surface area contributed by atoms with Gasteiger partial charge in [0.2, 0.25) is 0 Å². The van der Waals surface area contributed by atoms with Crippen LogP contribution in [0.2, 0.25) is 0 Å². The standard InChI is InChI=1S/C10H16N2/c1-4-6-7-8-9(5-2)10(11)12-3/h5,7-8H,2-4,6,11H2,1H3/b8-7-,10-9+. The minimum atomic E-state index is 0.428. The van der Waals surface area contributed by atoms with E-state index >= 15 is 0 Å². The molecule has 2 heteroatoms. The first-order chi connectivity index (χ1) is 5.76. The van der Waals surface area contributed by atoms with Crippen LogP contribution >= 0.6 is 0 Å². The van der Waals surface area contributed by atoms with Gasteiger partial charge in [-0.2, -0.15) is 0 Å². The molecular formula is C10H16N2. The van der Waals surface area contributed by atoms with Crippen molar-refractivity contribution in [2.24, 2.45) is 10.7 Å². The van der Waals surface area contributed by atoms with Gasteiger partial charge in [0.05, 0.1) is 0 Å². The number of unbranched alkanes of at least 4 members (excludes halogenated alkanes) is 1. The molecule has 0 atom stereocenters. The van der Waals surface area contributed by atoms with Crippen molar-refractivity contribution in [2.45, 2.75) is 19.8 Å². The van der Waals surface area contributed by atoms with Gasteiger partial charge in [0, 0.05) is 5.57 Å². The number of nitrogens with zero attached hydrogens (tertiary/aromatic N) is 1. The maximum absolute atomic E-state index is 5.54. The SMILES string of the molecule is C=CC(/C=C\CCC)=C(/N)N=C. The molecule has 0 spiro atoms. The fourth-order valence-electron chi connectivity index (χ4n) is 0.726. The Bertz CT molecular complexity index is 212. The van der Waals surface area contributed by atoms with Crippen LogP contribution in [0.3, 0.4) is 0 Å². The Balaban J connectivity index is 4.36. The quantitative estimate of drug-likeness (QED) is 0.491. The Morgan fingerprint density at radius 2 is 2.25 bits per heavy atom. The largest absolute Gasteiger partial charge is 0.383 e. The normalized spacial score (nSPS) is 12.8. The lowest BCUT2D eigenvalue weighted by atomic mass is 10.2. The van der Waals surface area contributed by atoms with E-state index in [0.29, 0.717) is 5.82 Å². The van der Waals surface area contributed by atoms with Crippen molar-refractivity contribution in [3.8, 4) is 0 Å². The second kappa shape index (κ2) is 6.40. The summed E-state index contributed by atoms with van der Waals surface area (Å²) >= 11 is 0. The molecule has 0 bridgehead atoms. The summed E-state index contributed by atoms with van der Waals surface area (Å²) in [5.41, 5.74) is 6.37. The van der Waals surface area contributed by atoms with Gasteiger partial charge in [0.25, 0.3) is 0 Å². The van der Waals surface area contributed by atoms with Gasteiger partial charge in [-0.15, -0.1) is 0 Å². The Hall–Kier alpha value is -1.31. The first-order valence-electron chi connectivity index (χ1n) is 4.01. The summed E-state index contributed by atoms with van der Waals surface area (Å²) in [6, 6.07) is 0. The highest BCUT2D eigenvalue weighted by atomic mass is 14.9. The van der Waals surface area contributed by atoms with Gasteiger partial charge in [0.1, 0.15) is 5.82 Å². The van der Waals surface area contributed by atoms with E-state index in [2.05, 4.69) is 31.3 Å². The lowest BCUT2D eigenvalue weighted by Gasteiger charge is -1.96. The zero-order valence-corrected chi connectivity index (χ0v) is 7.59. The summed E-state index contributed by atoms with van der Waals surface area (Å²) in [4.78, 5) is 3.62. The molecule has 12 heavy (non-hydrogen) atoms. The number of hydrogen-bond donors (Lipinski definition) is 1. The summed E-state index contributed by atoms with van der Waals surface area (Å²) in [6.07, 6.45) is 7.82. The van der Waals surface area contributed by atoms with Crippen LogP contribution in [0.25, 0.3) is 0 Å².